The van der Waals surface area contributed by atoms with Crippen LogP contribution in [0.15, 0.2) is 11.1 Å². The van der Waals surface area contributed by atoms with Crippen molar-refractivity contribution in [1.82, 2.24) is 0 Å². The van der Waals surface area contributed by atoms with E-state index in [1.807, 2.05) is 6.92 Å². The molecule has 1 N–H and O–H groups in total. The molecule has 4 rings (SSSR count). The summed E-state index contributed by atoms with van der Waals surface area (Å²) in [6, 6.07) is 0. The molecular weight excluding hydrogens is 288 g/mol. The molecular formula is C20H30O3. The molecule has 1 heterocycles. The highest BCUT2D eigenvalue weighted by molar-refractivity contribution is 5.89. The van der Waals surface area contributed by atoms with Crippen LogP contribution >= 0.6 is 0 Å². The Morgan fingerprint density at radius 1 is 1.30 bits per heavy atom. The van der Waals surface area contributed by atoms with Crippen molar-refractivity contribution >= 4 is 5.78 Å². The molecule has 3 nitrogen and oxygen atoms in total. The largest absolute Gasteiger partial charge is 0.388 e. The second-order valence-electron chi connectivity index (χ2n) is 9.30. The summed E-state index contributed by atoms with van der Waals surface area (Å²) in [6.07, 6.45) is 4.23. The van der Waals surface area contributed by atoms with Gasteiger partial charge in [-0.25, -0.2) is 0 Å². The maximum absolute atomic E-state index is 13.0. The van der Waals surface area contributed by atoms with E-state index < -0.39 is 11.0 Å². The van der Waals surface area contributed by atoms with Crippen LogP contribution in [0, 0.1) is 23.2 Å². The summed E-state index contributed by atoms with van der Waals surface area (Å²) in [7, 11) is 0. The van der Waals surface area contributed by atoms with E-state index in [4.69, 9.17) is 4.74 Å². The fraction of sp³-hybridized carbons (Fsp3) is 0.850. The third kappa shape index (κ3) is 1.81. The molecule has 6 atom stereocenters. The van der Waals surface area contributed by atoms with Crippen molar-refractivity contribution in [2.24, 2.45) is 23.2 Å². The third-order valence-electron chi connectivity index (χ3n) is 7.88. The summed E-state index contributed by atoms with van der Waals surface area (Å²) in [5, 5.41) is 11.8. The second kappa shape index (κ2) is 4.49. The number of hydrogen-bond donors (Lipinski definition) is 1. The number of Topliss-reactive ketones (excluding diaryl/α,β-unsaturated/α-hetero) is 1. The number of carbonyl (C=O) groups excluding carboxylic acids is 1. The van der Waals surface area contributed by atoms with Gasteiger partial charge in [-0.05, 0) is 51.9 Å². The van der Waals surface area contributed by atoms with Gasteiger partial charge in [-0.3, -0.25) is 4.79 Å². The number of carbonyl (C=O) groups is 1. The van der Waals surface area contributed by atoms with Crippen LogP contribution in [0.3, 0.4) is 0 Å². The summed E-state index contributed by atoms with van der Waals surface area (Å²) in [4.78, 5) is 13.0. The van der Waals surface area contributed by atoms with Crippen molar-refractivity contribution in [2.75, 3.05) is 0 Å². The lowest BCUT2D eigenvalue weighted by Gasteiger charge is -2.45. The molecule has 0 amide bonds. The summed E-state index contributed by atoms with van der Waals surface area (Å²) in [5.74, 6) is 1.06. The summed E-state index contributed by atoms with van der Waals surface area (Å²) < 4.78 is 6.16. The third-order valence-corrected chi connectivity index (χ3v) is 7.88. The molecule has 23 heavy (non-hydrogen) atoms. The van der Waals surface area contributed by atoms with Gasteiger partial charge in [0.25, 0.3) is 0 Å². The van der Waals surface area contributed by atoms with Gasteiger partial charge >= 0.3 is 0 Å². The predicted molar refractivity (Wildman–Crippen MR) is 88.9 cm³/mol. The Bertz CT molecular complexity index is 606. The van der Waals surface area contributed by atoms with Crippen LogP contribution < -0.4 is 0 Å². The molecule has 0 radical (unpaired) electrons. The average molecular weight is 318 g/mol. The smallest absolute Gasteiger partial charge is 0.142 e. The Hall–Kier alpha value is -0.670. The first-order valence-corrected chi connectivity index (χ1v) is 9.25. The zero-order valence-corrected chi connectivity index (χ0v) is 15.1. The number of ether oxygens (including phenoxy) is 1. The Labute approximate surface area is 139 Å². The van der Waals surface area contributed by atoms with E-state index in [1.54, 1.807) is 0 Å². The molecule has 0 bridgehead atoms. The van der Waals surface area contributed by atoms with Crippen molar-refractivity contribution in [3.05, 3.63) is 11.1 Å². The highest BCUT2D eigenvalue weighted by Gasteiger charge is 2.70. The molecule has 3 aliphatic carbocycles. The van der Waals surface area contributed by atoms with E-state index in [9.17, 15) is 9.90 Å². The van der Waals surface area contributed by atoms with Crippen LogP contribution in [0.1, 0.15) is 66.7 Å². The molecule has 3 fully saturated rings. The first-order chi connectivity index (χ1) is 10.6. The van der Waals surface area contributed by atoms with E-state index in [1.165, 1.54) is 11.1 Å². The Balaban J connectivity index is 1.84. The van der Waals surface area contributed by atoms with Crippen LogP contribution in [0.2, 0.25) is 0 Å². The lowest BCUT2D eigenvalue weighted by molar-refractivity contribution is -0.141. The van der Waals surface area contributed by atoms with Crippen molar-refractivity contribution in [3.63, 3.8) is 0 Å². The van der Waals surface area contributed by atoms with Gasteiger partial charge in [0.1, 0.15) is 5.78 Å². The Morgan fingerprint density at radius 2 is 2.00 bits per heavy atom. The minimum atomic E-state index is -0.929. The van der Waals surface area contributed by atoms with E-state index in [-0.39, 0.29) is 23.4 Å². The summed E-state index contributed by atoms with van der Waals surface area (Å²) >= 11 is 0. The minimum absolute atomic E-state index is 0.0484. The molecule has 6 unspecified atom stereocenters. The van der Waals surface area contributed by atoms with Gasteiger partial charge in [-0.15, -0.1) is 0 Å². The molecule has 2 saturated carbocycles. The number of ketones is 1. The highest BCUT2D eigenvalue weighted by atomic mass is 16.6. The van der Waals surface area contributed by atoms with Crippen LogP contribution in [0.25, 0.3) is 0 Å². The quantitative estimate of drug-likeness (QED) is 0.593. The average Bonchev–Trinajstić information content (AvgIpc) is 2.86. The van der Waals surface area contributed by atoms with Gasteiger partial charge < -0.3 is 9.84 Å². The van der Waals surface area contributed by atoms with Crippen molar-refractivity contribution in [3.8, 4) is 0 Å². The maximum Gasteiger partial charge on any atom is 0.142 e. The number of aliphatic hydroxyl groups is 1. The zero-order valence-electron chi connectivity index (χ0n) is 15.1. The van der Waals surface area contributed by atoms with Crippen LogP contribution in [0.4, 0.5) is 0 Å². The van der Waals surface area contributed by atoms with Crippen LogP contribution in [-0.4, -0.2) is 28.2 Å². The van der Waals surface area contributed by atoms with Crippen LogP contribution in [-0.2, 0) is 9.53 Å². The molecule has 4 aliphatic rings. The minimum Gasteiger partial charge on any atom is -0.388 e. The monoisotopic (exact) mass is 318 g/mol. The van der Waals surface area contributed by atoms with Gasteiger partial charge in [-0.2, -0.15) is 0 Å². The molecule has 0 aromatic carbocycles. The van der Waals surface area contributed by atoms with Crippen LogP contribution in [0.5, 0.6) is 0 Å². The van der Waals surface area contributed by atoms with Gasteiger partial charge in [0, 0.05) is 18.8 Å². The maximum atomic E-state index is 13.0. The highest BCUT2D eigenvalue weighted by Crippen LogP contribution is 2.64. The number of rotatable bonds is 1. The number of allylic oxidation sites excluding steroid dienone is 1. The molecule has 0 spiro atoms. The van der Waals surface area contributed by atoms with E-state index >= 15 is 0 Å². The molecule has 1 saturated heterocycles. The molecule has 1 aliphatic heterocycles. The fourth-order valence-corrected chi connectivity index (χ4v) is 6.05. The Morgan fingerprint density at radius 3 is 2.65 bits per heavy atom. The van der Waals surface area contributed by atoms with E-state index in [2.05, 4.69) is 27.7 Å². The first kappa shape index (κ1) is 15.8. The van der Waals surface area contributed by atoms with E-state index in [0.717, 1.165) is 19.3 Å². The summed E-state index contributed by atoms with van der Waals surface area (Å²) in [6.45, 7) is 10.7. The SMILES string of the molecule is CC1=C2CC3(C)C(=O)CC(C(C)C)C3(O)CC3OC3(C)C2CC1. The van der Waals surface area contributed by atoms with Gasteiger partial charge in [0.05, 0.1) is 22.7 Å². The first-order valence-electron chi connectivity index (χ1n) is 9.25. The van der Waals surface area contributed by atoms with Crippen molar-refractivity contribution in [2.45, 2.75) is 84.0 Å². The fourth-order valence-electron chi connectivity index (χ4n) is 6.05. The molecule has 128 valence electrons. The van der Waals surface area contributed by atoms with E-state index in [0.29, 0.717) is 24.7 Å². The van der Waals surface area contributed by atoms with Crippen molar-refractivity contribution < 1.29 is 14.6 Å². The topological polar surface area (TPSA) is 49.8 Å². The number of hydrogen-bond acceptors (Lipinski definition) is 3. The van der Waals surface area contributed by atoms with Gasteiger partial charge in [0.2, 0.25) is 0 Å². The lowest BCUT2D eigenvalue weighted by Crippen LogP contribution is -2.53. The molecule has 0 aromatic heterocycles. The zero-order chi connectivity index (χ0) is 16.8. The van der Waals surface area contributed by atoms with Gasteiger partial charge in [-0.1, -0.05) is 25.0 Å². The number of fused-ring (bicyclic) bond motifs is 4. The van der Waals surface area contributed by atoms with Gasteiger partial charge in [0.15, 0.2) is 0 Å². The normalized spacial score (nSPS) is 52.1. The van der Waals surface area contributed by atoms with Crippen molar-refractivity contribution in [1.29, 1.82) is 0 Å². The second-order valence-corrected chi connectivity index (χ2v) is 9.30. The summed E-state index contributed by atoms with van der Waals surface area (Å²) in [5.41, 5.74) is 1.15. The predicted octanol–water partition coefficient (Wildman–Crippen LogP) is 3.65. The molecule has 0 aromatic rings. The lowest BCUT2D eigenvalue weighted by atomic mass is 9.60. The molecule has 3 heteroatoms. The Kier molecular flexibility index (Phi) is 3.09. The standard InChI is InChI=1S/C20H30O3/c1-11(2)15-8-16(21)18(4)9-13-12(3)6-7-14(13)19(5)17(23-19)10-20(15,18)22/h11,14-15,17,22H,6-10H2,1-5H3. The number of epoxide rings is 1.